The average Bonchev–Trinajstić information content (AvgIpc) is 3.03. The Labute approximate surface area is 125 Å². The Bertz CT molecular complexity index is 678. The van der Waals surface area contributed by atoms with E-state index in [0.717, 1.165) is 6.42 Å². The lowest BCUT2D eigenvalue weighted by molar-refractivity contribution is 0.00578. The summed E-state index contributed by atoms with van der Waals surface area (Å²) in [5.74, 6) is 0.398. The minimum absolute atomic E-state index is 0.122. The number of rotatable bonds is 2. The second kappa shape index (κ2) is 4.11. The SMILES string of the molecule is CC1(C)OB(C2CC2n2ncc3ccccc32)OC1(C)C. The van der Waals surface area contributed by atoms with E-state index in [1.54, 1.807) is 0 Å². The number of hydrogen-bond donors (Lipinski definition) is 0. The van der Waals surface area contributed by atoms with Crippen LogP contribution >= 0.6 is 0 Å². The molecule has 2 fully saturated rings. The van der Waals surface area contributed by atoms with E-state index in [0.29, 0.717) is 11.9 Å². The van der Waals surface area contributed by atoms with Crippen LogP contribution in [0.5, 0.6) is 0 Å². The van der Waals surface area contributed by atoms with Crippen LogP contribution in [-0.4, -0.2) is 28.1 Å². The molecule has 1 aromatic heterocycles. The summed E-state index contributed by atoms with van der Waals surface area (Å²) < 4.78 is 14.5. The predicted molar refractivity (Wildman–Crippen MR) is 83.2 cm³/mol. The van der Waals surface area contributed by atoms with E-state index in [2.05, 4.69) is 55.7 Å². The summed E-state index contributed by atoms with van der Waals surface area (Å²) in [5.41, 5.74) is 0.690. The van der Waals surface area contributed by atoms with Gasteiger partial charge in [0.15, 0.2) is 0 Å². The fraction of sp³-hybridized carbons (Fsp3) is 0.562. The molecule has 4 nitrogen and oxygen atoms in total. The lowest BCUT2D eigenvalue weighted by Crippen LogP contribution is -2.41. The molecule has 2 aromatic rings. The molecule has 0 radical (unpaired) electrons. The van der Waals surface area contributed by atoms with E-state index in [4.69, 9.17) is 9.31 Å². The van der Waals surface area contributed by atoms with Crippen molar-refractivity contribution < 1.29 is 9.31 Å². The predicted octanol–water partition coefficient (Wildman–Crippen LogP) is 3.44. The second-order valence-corrected chi connectivity index (χ2v) is 7.24. The van der Waals surface area contributed by atoms with Gasteiger partial charge in [-0.2, -0.15) is 5.10 Å². The van der Waals surface area contributed by atoms with Crippen LogP contribution in [0.2, 0.25) is 5.82 Å². The van der Waals surface area contributed by atoms with Crippen molar-refractivity contribution in [2.24, 2.45) is 0 Å². The summed E-state index contributed by atoms with van der Waals surface area (Å²) in [5, 5.41) is 5.75. The molecular weight excluding hydrogens is 263 g/mol. The van der Waals surface area contributed by atoms with Gasteiger partial charge < -0.3 is 9.31 Å². The van der Waals surface area contributed by atoms with Crippen molar-refractivity contribution in [1.82, 2.24) is 9.78 Å². The number of aromatic nitrogens is 2. The summed E-state index contributed by atoms with van der Waals surface area (Å²) in [7, 11) is -0.122. The summed E-state index contributed by atoms with van der Waals surface area (Å²) in [6.45, 7) is 8.42. The van der Waals surface area contributed by atoms with Crippen molar-refractivity contribution >= 4 is 18.0 Å². The highest BCUT2D eigenvalue weighted by Gasteiger charge is 2.60. The van der Waals surface area contributed by atoms with E-state index < -0.39 is 0 Å². The number of para-hydroxylation sites is 1. The first kappa shape index (κ1) is 13.3. The van der Waals surface area contributed by atoms with Crippen LogP contribution in [0.15, 0.2) is 30.5 Å². The number of benzene rings is 1. The highest BCUT2D eigenvalue weighted by Crippen LogP contribution is 2.56. The Morgan fingerprint density at radius 3 is 2.52 bits per heavy atom. The molecule has 0 spiro atoms. The third-order valence-corrected chi connectivity index (χ3v) is 5.24. The quantitative estimate of drug-likeness (QED) is 0.792. The molecule has 4 rings (SSSR count). The van der Waals surface area contributed by atoms with Crippen LogP contribution in [-0.2, 0) is 9.31 Å². The molecule has 1 aromatic carbocycles. The first-order chi connectivity index (χ1) is 9.89. The molecule has 1 aliphatic carbocycles. The summed E-state index contributed by atoms with van der Waals surface area (Å²) in [6, 6.07) is 8.73. The summed E-state index contributed by atoms with van der Waals surface area (Å²) in [6.07, 6.45) is 3.01. The molecule has 2 atom stereocenters. The lowest BCUT2D eigenvalue weighted by Gasteiger charge is -2.32. The second-order valence-electron chi connectivity index (χ2n) is 7.24. The fourth-order valence-corrected chi connectivity index (χ4v) is 3.09. The highest BCUT2D eigenvalue weighted by atomic mass is 16.7. The maximum absolute atomic E-state index is 6.17. The average molecular weight is 284 g/mol. The molecule has 0 amide bonds. The Balaban J connectivity index is 1.57. The lowest BCUT2D eigenvalue weighted by atomic mass is 9.81. The van der Waals surface area contributed by atoms with Crippen LogP contribution < -0.4 is 0 Å². The first-order valence-electron chi connectivity index (χ1n) is 7.67. The molecule has 1 aliphatic heterocycles. The molecule has 21 heavy (non-hydrogen) atoms. The maximum atomic E-state index is 6.17. The van der Waals surface area contributed by atoms with E-state index in [-0.39, 0.29) is 18.3 Å². The molecular formula is C16H21BN2O2. The third-order valence-electron chi connectivity index (χ3n) is 5.24. The molecule has 1 saturated carbocycles. The van der Waals surface area contributed by atoms with Crippen molar-refractivity contribution in [3.05, 3.63) is 30.5 Å². The molecule has 2 aliphatic rings. The van der Waals surface area contributed by atoms with Crippen LogP contribution in [0.4, 0.5) is 0 Å². The molecule has 0 bridgehead atoms. The number of hydrogen-bond acceptors (Lipinski definition) is 3. The van der Waals surface area contributed by atoms with Crippen molar-refractivity contribution in [1.29, 1.82) is 0 Å². The topological polar surface area (TPSA) is 36.3 Å². The zero-order valence-electron chi connectivity index (χ0n) is 13.0. The van der Waals surface area contributed by atoms with Crippen LogP contribution in [0.1, 0.15) is 40.2 Å². The van der Waals surface area contributed by atoms with Gasteiger partial charge in [-0.05, 0) is 40.2 Å². The van der Waals surface area contributed by atoms with E-state index in [9.17, 15) is 0 Å². The third kappa shape index (κ3) is 1.94. The van der Waals surface area contributed by atoms with Gasteiger partial charge in [-0.15, -0.1) is 0 Å². The maximum Gasteiger partial charge on any atom is 0.463 e. The Hall–Kier alpha value is -1.33. The zero-order valence-corrected chi connectivity index (χ0v) is 13.0. The zero-order chi connectivity index (χ0) is 14.8. The number of nitrogens with zero attached hydrogens (tertiary/aromatic N) is 2. The standard InChI is InChI=1S/C16H21BN2O2/c1-15(2)16(3,4)21-17(20-15)12-9-14(12)19-13-8-6-5-7-11(13)10-18-19/h5-8,10,12,14H,9H2,1-4H3. The van der Waals surface area contributed by atoms with Crippen LogP contribution in [0.3, 0.4) is 0 Å². The van der Waals surface area contributed by atoms with Gasteiger partial charge in [-0.25, -0.2) is 0 Å². The normalized spacial score (nSPS) is 30.0. The largest absolute Gasteiger partial charge is 0.463 e. The van der Waals surface area contributed by atoms with Gasteiger partial charge in [-0.1, -0.05) is 18.2 Å². The minimum Gasteiger partial charge on any atom is -0.403 e. The van der Waals surface area contributed by atoms with Gasteiger partial charge in [0.1, 0.15) is 0 Å². The Morgan fingerprint density at radius 2 is 1.81 bits per heavy atom. The van der Waals surface area contributed by atoms with Gasteiger partial charge in [0.2, 0.25) is 0 Å². The van der Waals surface area contributed by atoms with Crippen molar-refractivity contribution in [3.8, 4) is 0 Å². The van der Waals surface area contributed by atoms with Gasteiger partial charge in [0.25, 0.3) is 0 Å². The van der Waals surface area contributed by atoms with Crippen LogP contribution in [0, 0.1) is 0 Å². The minimum atomic E-state index is -0.253. The summed E-state index contributed by atoms with van der Waals surface area (Å²) in [4.78, 5) is 0. The summed E-state index contributed by atoms with van der Waals surface area (Å²) >= 11 is 0. The number of fused-ring (bicyclic) bond motifs is 1. The van der Waals surface area contributed by atoms with Crippen molar-refractivity contribution in [2.45, 2.75) is 57.2 Å². The van der Waals surface area contributed by atoms with E-state index in [1.807, 2.05) is 12.3 Å². The van der Waals surface area contributed by atoms with Crippen LogP contribution in [0.25, 0.3) is 10.9 Å². The van der Waals surface area contributed by atoms with Crippen molar-refractivity contribution in [3.63, 3.8) is 0 Å². The fourth-order valence-electron chi connectivity index (χ4n) is 3.09. The van der Waals surface area contributed by atoms with Gasteiger partial charge in [0, 0.05) is 11.2 Å². The van der Waals surface area contributed by atoms with Gasteiger partial charge in [-0.3, -0.25) is 4.68 Å². The highest BCUT2D eigenvalue weighted by molar-refractivity contribution is 6.48. The van der Waals surface area contributed by atoms with E-state index in [1.165, 1.54) is 10.9 Å². The molecule has 1 saturated heterocycles. The molecule has 0 N–H and O–H groups in total. The Kier molecular flexibility index (Phi) is 2.61. The molecule has 2 heterocycles. The van der Waals surface area contributed by atoms with Crippen molar-refractivity contribution in [2.75, 3.05) is 0 Å². The molecule has 5 heteroatoms. The smallest absolute Gasteiger partial charge is 0.403 e. The Morgan fingerprint density at radius 1 is 1.14 bits per heavy atom. The van der Waals surface area contributed by atoms with Gasteiger partial charge in [0.05, 0.1) is 29.0 Å². The van der Waals surface area contributed by atoms with E-state index >= 15 is 0 Å². The first-order valence-corrected chi connectivity index (χ1v) is 7.67. The molecule has 2 unspecified atom stereocenters. The monoisotopic (exact) mass is 284 g/mol. The molecule has 110 valence electrons. The van der Waals surface area contributed by atoms with Gasteiger partial charge >= 0.3 is 7.12 Å².